The van der Waals surface area contributed by atoms with Crippen molar-refractivity contribution in [2.45, 2.75) is 12.9 Å². The van der Waals surface area contributed by atoms with Crippen molar-refractivity contribution in [3.05, 3.63) is 59.9 Å². The van der Waals surface area contributed by atoms with Gasteiger partial charge in [0.05, 0.1) is 17.4 Å². The molecule has 0 spiro atoms. The number of amides is 1. The summed E-state index contributed by atoms with van der Waals surface area (Å²) in [5.41, 5.74) is 3.84. The van der Waals surface area contributed by atoms with E-state index < -0.39 is 12.3 Å². The molecule has 0 saturated heterocycles. The van der Waals surface area contributed by atoms with Crippen molar-refractivity contribution >= 4 is 16.9 Å². The van der Waals surface area contributed by atoms with Crippen LogP contribution in [-0.2, 0) is 6.54 Å². The molecule has 9 heteroatoms. The second-order valence-corrected chi connectivity index (χ2v) is 5.21. The van der Waals surface area contributed by atoms with Crippen LogP contribution < -0.4 is 10.2 Å². The standard InChI is InChI=1S/C16H12F3N3O3/c17-16(18,19)25-12-4-1-10(2-5-12)8-22-9-20-13-6-3-11(7-14(13)22)15(23)21-24/h1-7,9,24H,8H2,(H,21,23). The Labute approximate surface area is 139 Å². The number of carbonyl (C=O) groups excluding carboxylic acids is 1. The lowest BCUT2D eigenvalue weighted by atomic mass is 10.1. The molecule has 6 nitrogen and oxygen atoms in total. The summed E-state index contributed by atoms with van der Waals surface area (Å²) >= 11 is 0. The Bertz CT molecular complexity index is 904. The van der Waals surface area contributed by atoms with E-state index in [0.29, 0.717) is 17.6 Å². The topological polar surface area (TPSA) is 76.4 Å². The first-order valence-electron chi connectivity index (χ1n) is 7.10. The zero-order valence-electron chi connectivity index (χ0n) is 12.6. The van der Waals surface area contributed by atoms with Crippen LogP contribution in [0.4, 0.5) is 13.2 Å². The molecular formula is C16H12F3N3O3. The fourth-order valence-electron chi connectivity index (χ4n) is 2.38. The molecule has 0 atom stereocenters. The van der Waals surface area contributed by atoms with Gasteiger partial charge in [-0.05, 0) is 35.9 Å². The Morgan fingerprint density at radius 1 is 1.20 bits per heavy atom. The van der Waals surface area contributed by atoms with Gasteiger partial charge in [-0.15, -0.1) is 13.2 Å². The van der Waals surface area contributed by atoms with Crippen molar-refractivity contribution < 1.29 is 27.9 Å². The molecule has 25 heavy (non-hydrogen) atoms. The highest BCUT2D eigenvalue weighted by Gasteiger charge is 2.30. The molecule has 1 aromatic heterocycles. The van der Waals surface area contributed by atoms with E-state index in [1.807, 2.05) is 0 Å². The molecule has 0 bridgehead atoms. The van der Waals surface area contributed by atoms with Crippen LogP contribution in [0.25, 0.3) is 11.0 Å². The number of rotatable bonds is 4. The summed E-state index contributed by atoms with van der Waals surface area (Å²) in [4.78, 5) is 15.7. The summed E-state index contributed by atoms with van der Waals surface area (Å²) in [5.74, 6) is -0.947. The highest BCUT2D eigenvalue weighted by Crippen LogP contribution is 2.23. The van der Waals surface area contributed by atoms with Crippen LogP contribution in [0.2, 0.25) is 0 Å². The Kier molecular flexibility index (Phi) is 4.32. The first kappa shape index (κ1) is 16.8. The Hall–Kier alpha value is -3.07. The molecule has 0 aliphatic heterocycles. The van der Waals surface area contributed by atoms with Crippen LogP contribution >= 0.6 is 0 Å². The number of ether oxygens (including phenoxy) is 1. The van der Waals surface area contributed by atoms with Crippen LogP contribution in [0.5, 0.6) is 5.75 Å². The zero-order valence-corrected chi connectivity index (χ0v) is 12.6. The smallest absolute Gasteiger partial charge is 0.406 e. The number of imidazole rings is 1. The molecule has 0 unspecified atom stereocenters. The molecule has 1 amide bonds. The molecule has 130 valence electrons. The van der Waals surface area contributed by atoms with Gasteiger partial charge in [0.15, 0.2) is 0 Å². The number of hydroxylamine groups is 1. The summed E-state index contributed by atoms with van der Waals surface area (Å²) in [5, 5.41) is 8.71. The van der Waals surface area contributed by atoms with Crippen LogP contribution in [0.3, 0.4) is 0 Å². The van der Waals surface area contributed by atoms with Crippen molar-refractivity contribution in [2.24, 2.45) is 0 Å². The average Bonchev–Trinajstić information content (AvgIpc) is 2.97. The molecule has 2 aromatic carbocycles. The van der Waals surface area contributed by atoms with Gasteiger partial charge in [0.2, 0.25) is 0 Å². The first-order chi connectivity index (χ1) is 11.9. The molecule has 0 fully saturated rings. The normalized spacial score (nSPS) is 11.5. The number of halogens is 3. The van der Waals surface area contributed by atoms with Crippen molar-refractivity contribution in [3.63, 3.8) is 0 Å². The summed E-state index contributed by atoms with van der Waals surface area (Å²) in [6.07, 6.45) is -3.17. The van der Waals surface area contributed by atoms with E-state index in [1.165, 1.54) is 30.3 Å². The summed E-state index contributed by atoms with van der Waals surface area (Å²) < 4.78 is 42.1. The van der Waals surface area contributed by atoms with E-state index in [2.05, 4.69) is 9.72 Å². The van der Waals surface area contributed by atoms with Gasteiger partial charge in [0.25, 0.3) is 5.91 Å². The highest BCUT2D eigenvalue weighted by molar-refractivity contribution is 5.96. The largest absolute Gasteiger partial charge is 0.573 e. The van der Waals surface area contributed by atoms with Gasteiger partial charge in [-0.1, -0.05) is 12.1 Å². The molecule has 2 N–H and O–H groups in total. The van der Waals surface area contributed by atoms with Crippen molar-refractivity contribution in [1.82, 2.24) is 15.0 Å². The number of alkyl halides is 3. The lowest BCUT2D eigenvalue weighted by molar-refractivity contribution is -0.274. The van der Waals surface area contributed by atoms with Crippen LogP contribution in [-0.4, -0.2) is 27.0 Å². The van der Waals surface area contributed by atoms with Gasteiger partial charge >= 0.3 is 6.36 Å². The molecule has 0 radical (unpaired) electrons. The predicted molar refractivity (Wildman–Crippen MR) is 81.2 cm³/mol. The molecule has 0 aliphatic rings. The number of nitrogens with zero attached hydrogens (tertiary/aromatic N) is 2. The Balaban J connectivity index is 1.84. The lowest BCUT2D eigenvalue weighted by Gasteiger charge is -2.10. The van der Waals surface area contributed by atoms with E-state index >= 15 is 0 Å². The zero-order chi connectivity index (χ0) is 18.0. The Morgan fingerprint density at radius 3 is 2.56 bits per heavy atom. The molecule has 1 heterocycles. The molecular weight excluding hydrogens is 339 g/mol. The molecule has 0 aliphatic carbocycles. The van der Waals surface area contributed by atoms with E-state index in [1.54, 1.807) is 28.5 Å². The molecule has 3 aromatic rings. The van der Waals surface area contributed by atoms with Crippen LogP contribution in [0.1, 0.15) is 15.9 Å². The van der Waals surface area contributed by atoms with Crippen molar-refractivity contribution in [3.8, 4) is 5.75 Å². The summed E-state index contributed by atoms with van der Waals surface area (Å²) in [7, 11) is 0. The lowest BCUT2D eigenvalue weighted by Crippen LogP contribution is -2.18. The van der Waals surface area contributed by atoms with E-state index in [-0.39, 0.29) is 11.3 Å². The monoisotopic (exact) mass is 351 g/mol. The third-order valence-corrected chi connectivity index (χ3v) is 3.49. The minimum Gasteiger partial charge on any atom is -0.406 e. The SMILES string of the molecule is O=C(NO)c1ccc2ncn(Cc3ccc(OC(F)(F)F)cc3)c2c1. The highest BCUT2D eigenvalue weighted by atomic mass is 19.4. The van der Waals surface area contributed by atoms with Crippen molar-refractivity contribution in [2.75, 3.05) is 0 Å². The third kappa shape index (κ3) is 3.89. The Morgan fingerprint density at radius 2 is 1.92 bits per heavy atom. The number of hydrogen-bond donors (Lipinski definition) is 2. The molecule has 3 rings (SSSR count). The average molecular weight is 351 g/mol. The number of aromatic nitrogens is 2. The van der Waals surface area contributed by atoms with Gasteiger partial charge in [-0.2, -0.15) is 0 Å². The minimum absolute atomic E-state index is 0.255. The van der Waals surface area contributed by atoms with Gasteiger partial charge in [-0.3, -0.25) is 10.0 Å². The number of hydrogen-bond acceptors (Lipinski definition) is 4. The maximum Gasteiger partial charge on any atom is 0.573 e. The number of carbonyl (C=O) groups is 1. The van der Waals surface area contributed by atoms with Crippen LogP contribution in [0.15, 0.2) is 48.8 Å². The van der Waals surface area contributed by atoms with E-state index in [9.17, 15) is 18.0 Å². The summed E-state index contributed by atoms with van der Waals surface area (Å²) in [6.45, 7) is 0.340. The van der Waals surface area contributed by atoms with Gasteiger partial charge in [0.1, 0.15) is 5.75 Å². The fourth-order valence-corrected chi connectivity index (χ4v) is 2.38. The maximum absolute atomic E-state index is 12.2. The van der Waals surface area contributed by atoms with E-state index in [4.69, 9.17) is 5.21 Å². The summed E-state index contributed by atoms with van der Waals surface area (Å²) in [6, 6.07) is 10.2. The fraction of sp³-hybridized carbons (Fsp3) is 0.125. The second kappa shape index (κ2) is 6.44. The predicted octanol–water partition coefficient (Wildman–Crippen LogP) is 3.10. The number of nitrogens with one attached hydrogen (secondary N) is 1. The van der Waals surface area contributed by atoms with E-state index in [0.717, 1.165) is 5.56 Å². The minimum atomic E-state index is -4.73. The van der Waals surface area contributed by atoms with Gasteiger partial charge in [0, 0.05) is 12.1 Å². The molecule has 0 saturated carbocycles. The number of benzene rings is 2. The van der Waals surface area contributed by atoms with Gasteiger partial charge < -0.3 is 9.30 Å². The number of fused-ring (bicyclic) bond motifs is 1. The first-order valence-corrected chi connectivity index (χ1v) is 7.10. The van der Waals surface area contributed by atoms with Crippen molar-refractivity contribution in [1.29, 1.82) is 0 Å². The van der Waals surface area contributed by atoms with Gasteiger partial charge in [-0.25, -0.2) is 10.5 Å². The quantitative estimate of drug-likeness (QED) is 0.559. The van der Waals surface area contributed by atoms with Crippen LogP contribution in [0, 0.1) is 0 Å². The third-order valence-electron chi connectivity index (χ3n) is 3.49. The maximum atomic E-state index is 12.2. The second-order valence-electron chi connectivity index (χ2n) is 5.21.